The summed E-state index contributed by atoms with van der Waals surface area (Å²) in [7, 11) is 0. The molecule has 2 heterocycles. The molecule has 0 bridgehead atoms. The molecule has 25 heavy (non-hydrogen) atoms. The lowest BCUT2D eigenvalue weighted by atomic mass is 10.2. The van der Waals surface area contributed by atoms with E-state index in [1.807, 2.05) is 23.0 Å². The summed E-state index contributed by atoms with van der Waals surface area (Å²) in [6.45, 7) is 11.3. The van der Waals surface area contributed by atoms with Crippen molar-refractivity contribution in [2.75, 3.05) is 26.4 Å². The number of hydrogen-bond donors (Lipinski definition) is 0. The van der Waals surface area contributed by atoms with Crippen molar-refractivity contribution < 1.29 is 9.47 Å². The van der Waals surface area contributed by atoms with Gasteiger partial charge in [0.1, 0.15) is 5.75 Å². The van der Waals surface area contributed by atoms with E-state index in [0.717, 1.165) is 49.9 Å². The molecular formula is C19H28N4O2. The quantitative estimate of drug-likeness (QED) is 0.773. The van der Waals surface area contributed by atoms with Gasteiger partial charge in [-0.05, 0) is 30.5 Å². The molecule has 1 aromatic heterocycles. The molecule has 1 fully saturated rings. The number of aromatic nitrogens is 3. The first-order chi connectivity index (χ1) is 12.1. The molecule has 0 spiro atoms. The first-order valence-corrected chi connectivity index (χ1v) is 9.02. The molecule has 0 unspecified atom stereocenters. The van der Waals surface area contributed by atoms with Crippen LogP contribution in [0.3, 0.4) is 0 Å². The number of nitrogens with zero attached hydrogens (tertiary/aromatic N) is 4. The van der Waals surface area contributed by atoms with Gasteiger partial charge in [0.25, 0.3) is 0 Å². The van der Waals surface area contributed by atoms with Crippen molar-refractivity contribution in [1.29, 1.82) is 0 Å². The highest BCUT2D eigenvalue weighted by atomic mass is 16.5. The lowest BCUT2D eigenvalue weighted by molar-refractivity contribution is -0.00492. The average molecular weight is 344 g/mol. The maximum atomic E-state index is 5.80. The third kappa shape index (κ3) is 5.28. The molecule has 0 radical (unpaired) electrons. The molecule has 0 aliphatic carbocycles. The highest BCUT2D eigenvalue weighted by molar-refractivity contribution is 5.28. The van der Waals surface area contributed by atoms with E-state index < -0.39 is 0 Å². The smallest absolute Gasteiger partial charge is 0.119 e. The van der Waals surface area contributed by atoms with Crippen LogP contribution in [0.2, 0.25) is 0 Å². The molecule has 1 aromatic carbocycles. The molecule has 3 rings (SSSR count). The summed E-state index contributed by atoms with van der Waals surface area (Å²) >= 11 is 0. The van der Waals surface area contributed by atoms with Gasteiger partial charge in [-0.3, -0.25) is 4.90 Å². The van der Waals surface area contributed by atoms with E-state index in [9.17, 15) is 0 Å². The highest BCUT2D eigenvalue weighted by Crippen LogP contribution is 2.16. The van der Waals surface area contributed by atoms with Crippen LogP contribution in [0.4, 0.5) is 0 Å². The highest BCUT2D eigenvalue weighted by Gasteiger charge is 2.19. The Morgan fingerprint density at radius 1 is 1.32 bits per heavy atom. The fourth-order valence-electron chi connectivity index (χ4n) is 2.88. The molecule has 1 aliphatic heterocycles. The summed E-state index contributed by atoms with van der Waals surface area (Å²) in [5, 5.41) is 8.60. The molecule has 2 aromatic rings. The van der Waals surface area contributed by atoms with Crippen LogP contribution in [0, 0.1) is 5.92 Å². The summed E-state index contributed by atoms with van der Waals surface area (Å²) in [6.07, 6.45) is 2.03. The minimum absolute atomic E-state index is 0.425. The number of rotatable bonds is 7. The maximum Gasteiger partial charge on any atom is 0.119 e. The SMILES string of the molecule is CC(C)COc1cccc(Cn2cc(CN3CCOC[C@H]3C)nn2)c1. The zero-order valence-electron chi connectivity index (χ0n) is 15.4. The van der Waals surface area contributed by atoms with E-state index in [0.29, 0.717) is 18.5 Å². The monoisotopic (exact) mass is 344 g/mol. The van der Waals surface area contributed by atoms with Crippen molar-refractivity contribution in [3.8, 4) is 5.75 Å². The van der Waals surface area contributed by atoms with Crippen molar-refractivity contribution in [2.45, 2.75) is 39.9 Å². The Hall–Kier alpha value is -1.92. The molecule has 0 saturated carbocycles. The van der Waals surface area contributed by atoms with Gasteiger partial charge in [-0.15, -0.1) is 5.10 Å². The molecule has 136 valence electrons. The van der Waals surface area contributed by atoms with E-state index >= 15 is 0 Å². The van der Waals surface area contributed by atoms with Gasteiger partial charge in [0.2, 0.25) is 0 Å². The third-order valence-electron chi connectivity index (χ3n) is 4.28. The Bertz CT molecular complexity index is 671. The van der Waals surface area contributed by atoms with Crippen molar-refractivity contribution in [3.63, 3.8) is 0 Å². The van der Waals surface area contributed by atoms with Gasteiger partial charge in [-0.1, -0.05) is 31.2 Å². The Kier molecular flexibility index (Phi) is 6.04. The molecule has 0 N–H and O–H groups in total. The van der Waals surface area contributed by atoms with Crippen LogP contribution in [-0.2, 0) is 17.8 Å². The van der Waals surface area contributed by atoms with Crippen LogP contribution in [0.25, 0.3) is 0 Å². The fraction of sp³-hybridized carbons (Fsp3) is 0.579. The number of benzene rings is 1. The van der Waals surface area contributed by atoms with Crippen LogP contribution in [0.5, 0.6) is 5.75 Å². The second kappa shape index (κ2) is 8.45. The standard InChI is InChI=1S/C19H28N4O2/c1-15(2)13-25-19-6-4-5-17(9-19)10-23-12-18(20-21-23)11-22-7-8-24-14-16(22)3/h4-6,9,12,15-16H,7-8,10-11,13-14H2,1-3H3/t16-/m1/s1. The predicted molar refractivity (Wildman–Crippen MR) is 96.6 cm³/mol. The molecule has 1 atom stereocenters. The number of hydrogen-bond acceptors (Lipinski definition) is 5. The maximum absolute atomic E-state index is 5.80. The second-order valence-corrected chi connectivity index (χ2v) is 7.15. The lowest BCUT2D eigenvalue weighted by Crippen LogP contribution is -2.42. The molecule has 0 amide bonds. The summed E-state index contributed by atoms with van der Waals surface area (Å²) in [5.41, 5.74) is 2.17. The topological polar surface area (TPSA) is 52.4 Å². The molecule has 1 aliphatic rings. The van der Waals surface area contributed by atoms with Crippen molar-refractivity contribution >= 4 is 0 Å². The van der Waals surface area contributed by atoms with Gasteiger partial charge in [0.05, 0.1) is 38.3 Å². The predicted octanol–water partition coefficient (Wildman–Crippen LogP) is 2.58. The van der Waals surface area contributed by atoms with Gasteiger partial charge in [-0.2, -0.15) is 0 Å². The van der Waals surface area contributed by atoms with Gasteiger partial charge < -0.3 is 9.47 Å². The van der Waals surface area contributed by atoms with Crippen molar-refractivity contribution in [2.24, 2.45) is 5.92 Å². The lowest BCUT2D eigenvalue weighted by Gasteiger charge is -2.32. The van der Waals surface area contributed by atoms with Crippen LogP contribution >= 0.6 is 0 Å². The Morgan fingerprint density at radius 2 is 2.20 bits per heavy atom. The van der Waals surface area contributed by atoms with Crippen LogP contribution < -0.4 is 4.74 Å². The van der Waals surface area contributed by atoms with E-state index in [1.165, 1.54) is 0 Å². The van der Waals surface area contributed by atoms with Crippen LogP contribution in [0.15, 0.2) is 30.5 Å². The Labute approximate surface area is 149 Å². The third-order valence-corrected chi connectivity index (χ3v) is 4.28. The van der Waals surface area contributed by atoms with E-state index in [2.05, 4.69) is 48.1 Å². The number of ether oxygens (including phenoxy) is 2. The van der Waals surface area contributed by atoms with Crippen molar-refractivity contribution in [1.82, 2.24) is 19.9 Å². The van der Waals surface area contributed by atoms with Crippen LogP contribution in [-0.4, -0.2) is 52.3 Å². The summed E-state index contributed by atoms with van der Waals surface area (Å²) in [4.78, 5) is 2.39. The Morgan fingerprint density at radius 3 is 3.00 bits per heavy atom. The van der Waals surface area contributed by atoms with E-state index in [1.54, 1.807) is 0 Å². The molecule has 6 heteroatoms. The minimum atomic E-state index is 0.425. The first kappa shape index (κ1) is 17.9. The summed E-state index contributed by atoms with van der Waals surface area (Å²) < 4.78 is 13.2. The largest absolute Gasteiger partial charge is 0.493 e. The van der Waals surface area contributed by atoms with Gasteiger partial charge in [-0.25, -0.2) is 4.68 Å². The molecule has 1 saturated heterocycles. The zero-order valence-corrected chi connectivity index (χ0v) is 15.4. The molecule has 6 nitrogen and oxygen atoms in total. The van der Waals surface area contributed by atoms with Gasteiger partial charge >= 0.3 is 0 Å². The average Bonchev–Trinajstić information content (AvgIpc) is 3.02. The van der Waals surface area contributed by atoms with Crippen molar-refractivity contribution in [3.05, 3.63) is 41.7 Å². The van der Waals surface area contributed by atoms with Gasteiger partial charge in [0, 0.05) is 19.1 Å². The van der Waals surface area contributed by atoms with Gasteiger partial charge in [0.15, 0.2) is 0 Å². The normalized spacial score (nSPS) is 18.6. The minimum Gasteiger partial charge on any atom is -0.493 e. The van der Waals surface area contributed by atoms with E-state index in [4.69, 9.17) is 9.47 Å². The Balaban J connectivity index is 1.58. The summed E-state index contributed by atoms with van der Waals surface area (Å²) in [5.74, 6) is 1.43. The summed E-state index contributed by atoms with van der Waals surface area (Å²) in [6, 6.07) is 8.62. The molecular weight excluding hydrogens is 316 g/mol. The fourth-order valence-corrected chi connectivity index (χ4v) is 2.88. The second-order valence-electron chi connectivity index (χ2n) is 7.15. The van der Waals surface area contributed by atoms with E-state index in [-0.39, 0.29) is 0 Å². The number of morpholine rings is 1. The van der Waals surface area contributed by atoms with Crippen LogP contribution in [0.1, 0.15) is 32.0 Å². The first-order valence-electron chi connectivity index (χ1n) is 9.02. The zero-order chi connectivity index (χ0) is 17.6.